The molecule has 0 aliphatic carbocycles. The number of carbonyl (C=O) groups is 1. The molecule has 0 fully saturated rings. The molecule has 166 valence electrons. The molecule has 0 spiro atoms. The fourth-order valence-electron chi connectivity index (χ4n) is 2.95. The van der Waals surface area contributed by atoms with E-state index in [2.05, 4.69) is 10.1 Å². The Morgan fingerprint density at radius 3 is 2.42 bits per heavy atom. The van der Waals surface area contributed by atoms with Crippen molar-refractivity contribution in [3.8, 4) is 5.75 Å². The van der Waals surface area contributed by atoms with E-state index < -0.39 is 23.5 Å². The zero-order chi connectivity index (χ0) is 23.1. The maximum absolute atomic E-state index is 14.1. The molecule has 31 heavy (non-hydrogen) atoms. The zero-order valence-electron chi connectivity index (χ0n) is 18.2. The van der Waals surface area contributed by atoms with Crippen LogP contribution in [-0.4, -0.2) is 26.5 Å². The Morgan fingerprint density at radius 1 is 1.13 bits per heavy atom. The van der Waals surface area contributed by atoms with Gasteiger partial charge in [0.05, 0.1) is 5.02 Å². The molecule has 0 aliphatic heterocycles. The van der Waals surface area contributed by atoms with Crippen LogP contribution in [0.5, 0.6) is 5.75 Å². The van der Waals surface area contributed by atoms with E-state index in [1.807, 2.05) is 20.8 Å². The minimum atomic E-state index is -0.797. The normalized spacial score (nSPS) is 12.3. The first-order valence-electron chi connectivity index (χ1n) is 9.66. The van der Waals surface area contributed by atoms with Gasteiger partial charge in [-0.25, -0.2) is 9.18 Å². The number of aromatic nitrogens is 3. The molecule has 0 N–H and O–H groups in total. The molecule has 2 heterocycles. The summed E-state index contributed by atoms with van der Waals surface area (Å²) in [6.45, 7) is 10.9. The van der Waals surface area contributed by atoms with E-state index in [4.69, 9.17) is 21.1 Å². The SMILES string of the molecule is CC(C)(C)OC(=O)n1nc(COc2cc(F)c(Cl)cc2C(C)(C)C)c2ccc(F)nc21. The minimum Gasteiger partial charge on any atom is -0.487 e. The average molecular weight is 452 g/mol. The van der Waals surface area contributed by atoms with Gasteiger partial charge < -0.3 is 9.47 Å². The van der Waals surface area contributed by atoms with Gasteiger partial charge in [-0.3, -0.25) is 0 Å². The highest BCUT2D eigenvalue weighted by molar-refractivity contribution is 6.30. The van der Waals surface area contributed by atoms with Gasteiger partial charge in [0.25, 0.3) is 0 Å². The van der Waals surface area contributed by atoms with Crippen LogP contribution in [-0.2, 0) is 16.8 Å². The first-order chi connectivity index (χ1) is 14.3. The summed E-state index contributed by atoms with van der Waals surface area (Å²) in [7, 11) is 0. The lowest BCUT2D eigenvalue weighted by atomic mass is 9.86. The van der Waals surface area contributed by atoms with Gasteiger partial charge in [0, 0.05) is 17.0 Å². The number of pyridine rings is 1. The van der Waals surface area contributed by atoms with Crippen LogP contribution in [0.4, 0.5) is 13.6 Å². The van der Waals surface area contributed by atoms with Crippen molar-refractivity contribution in [1.82, 2.24) is 14.8 Å². The molecule has 3 rings (SSSR count). The van der Waals surface area contributed by atoms with Crippen molar-refractivity contribution in [2.24, 2.45) is 0 Å². The third-order valence-electron chi connectivity index (χ3n) is 4.33. The van der Waals surface area contributed by atoms with E-state index >= 15 is 0 Å². The molecule has 0 saturated carbocycles. The molecule has 0 amide bonds. The standard InChI is InChI=1S/C22H24ClF2N3O3/c1-21(2,3)13-9-14(23)15(24)10-17(13)30-11-16-12-7-8-18(25)26-19(12)28(27-16)20(29)31-22(4,5)6/h7-10H,11H2,1-6H3. The first-order valence-corrected chi connectivity index (χ1v) is 10.0. The van der Waals surface area contributed by atoms with Crippen LogP contribution in [0.2, 0.25) is 5.02 Å². The lowest BCUT2D eigenvalue weighted by Gasteiger charge is -2.23. The molecule has 0 atom stereocenters. The third kappa shape index (κ3) is 5.12. The van der Waals surface area contributed by atoms with Crippen LogP contribution >= 0.6 is 11.6 Å². The van der Waals surface area contributed by atoms with Gasteiger partial charge in [0.15, 0.2) is 5.65 Å². The summed E-state index contributed by atoms with van der Waals surface area (Å²) in [5.41, 5.74) is -0.106. The second-order valence-electron chi connectivity index (χ2n) is 9.15. The topological polar surface area (TPSA) is 66.2 Å². The van der Waals surface area contributed by atoms with Crippen molar-refractivity contribution >= 4 is 28.7 Å². The largest absolute Gasteiger partial charge is 0.487 e. The van der Waals surface area contributed by atoms with Gasteiger partial charge in [-0.1, -0.05) is 32.4 Å². The summed E-state index contributed by atoms with van der Waals surface area (Å²) in [6.07, 6.45) is -0.797. The molecule has 0 radical (unpaired) electrons. The molecular weight excluding hydrogens is 428 g/mol. The predicted octanol–water partition coefficient (Wildman–Crippen LogP) is 6.02. The summed E-state index contributed by atoms with van der Waals surface area (Å²) in [5.74, 6) is -1.08. The fourth-order valence-corrected chi connectivity index (χ4v) is 3.12. The molecular formula is C22H24ClF2N3O3. The van der Waals surface area contributed by atoms with Gasteiger partial charge in [-0.15, -0.1) is 4.68 Å². The highest BCUT2D eigenvalue weighted by atomic mass is 35.5. The first kappa shape index (κ1) is 22.9. The van der Waals surface area contributed by atoms with Crippen molar-refractivity contribution in [3.63, 3.8) is 0 Å². The molecule has 2 aromatic heterocycles. The molecule has 0 bridgehead atoms. The number of ether oxygens (including phenoxy) is 2. The molecule has 0 saturated heterocycles. The number of hydrogen-bond acceptors (Lipinski definition) is 5. The summed E-state index contributed by atoms with van der Waals surface area (Å²) in [5, 5.41) is 4.64. The van der Waals surface area contributed by atoms with Crippen LogP contribution in [0.3, 0.4) is 0 Å². The van der Waals surface area contributed by atoms with Crippen molar-refractivity contribution < 1.29 is 23.0 Å². The Hall–Kier alpha value is -2.74. The number of halogens is 3. The van der Waals surface area contributed by atoms with E-state index in [0.717, 1.165) is 10.7 Å². The van der Waals surface area contributed by atoms with Gasteiger partial charge >= 0.3 is 6.09 Å². The quantitative estimate of drug-likeness (QED) is 0.455. The summed E-state index contributed by atoms with van der Waals surface area (Å²) in [6, 6.07) is 5.36. The Labute approximate surface area is 184 Å². The predicted molar refractivity (Wildman–Crippen MR) is 114 cm³/mol. The van der Waals surface area contributed by atoms with Gasteiger partial charge in [-0.2, -0.15) is 14.5 Å². The van der Waals surface area contributed by atoms with E-state index in [0.29, 0.717) is 22.4 Å². The number of benzene rings is 1. The van der Waals surface area contributed by atoms with Crippen LogP contribution in [0, 0.1) is 11.8 Å². The van der Waals surface area contributed by atoms with E-state index in [1.54, 1.807) is 20.8 Å². The lowest BCUT2D eigenvalue weighted by molar-refractivity contribution is 0.0520. The molecule has 0 unspecified atom stereocenters. The summed E-state index contributed by atoms with van der Waals surface area (Å²) in [4.78, 5) is 16.3. The molecule has 0 aliphatic rings. The maximum atomic E-state index is 14.1. The van der Waals surface area contributed by atoms with Gasteiger partial charge in [-0.05, 0) is 44.4 Å². The van der Waals surface area contributed by atoms with Crippen molar-refractivity contribution in [2.75, 3.05) is 0 Å². The summed E-state index contributed by atoms with van der Waals surface area (Å²) < 4.78 is 40.0. The van der Waals surface area contributed by atoms with E-state index in [1.165, 1.54) is 18.2 Å². The van der Waals surface area contributed by atoms with Crippen LogP contribution < -0.4 is 4.74 Å². The van der Waals surface area contributed by atoms with E-state index in [9.17, 15) is 13.6 Å². The Balaban J connectivity index is 2.00. The third-order valence-corrected chi connectivity index (χ3v) is 4.62. The molecule has 1 aromatic carbocycles. The molecule has 3 aromatic rings. The Morgan fingerprint density at radius 2 is 1.81 bits per heavy atom. The maximum Gasteiger partial charge on any atom is 0.437 e. The summed E-state index contributed by atoms with van der Waals surface area (Å²) >= 11 is 5.95. The van der Waals surface area contributed by atoms with Crippen molar-refractivity contribution in [2.45, 2.75) is 59.2 Å². The smallest absolute Gasteiger partial charge is 0.437 e. The Kier molecular flexibility index (Phi) is 5.97. The monoisotopic (exact) mass is 451 g/mol. The number of fused-ring (bicyclic) bond motifs is 1. The highest BCUT2D eigenvalue weighted by Gasteiger charge is 2.25. The second-order valence-corrected chi connectivity index (χ2v) is 9.55. The van der Waals surface area contributed by atoms with Crippen molar-refractivity contribution in [1.29, 1.82) is 0 Å². The second kappa shape index (κ2) is 8.07. The Bertz CT molecular complexity index is 1150. The fraction of sp³-hybridized carbons (Fsp3) is 0.409. The van der Waals surface area contributed by atoms with Gasteiger partial charge in [0.2, 0.25) is 5.95 Å². The number of hydrogen-bond donors (Lipinski definition) is 0. The van der Waals surface area contributed by atoms with Crippen LogP contribution in [0.1, 0.15) is 52.8 Å². The van der Waals surface area contributed by atoms with Crippen LogP contribution in [0.15, 0.2) is 24.3 Å². The van der Waals surface area contributed by atoms with Gasteiger partial charge in [0.1, 0.15) is 29.5 Å². The molecule has 9 heteroatoms. The average Bonchev–Trinajstić information content (AvgIpc) is 2.98. The number of carbonyl (C=O) groups excluding carboxylic acids is 1. The molecule has 6 nitrogen and oxygen atoms in total. The minimum absolute atomic E-state index is 0.00314. The van der Waals surface area contributed by atoms with Crippen LogP contribution in [0.25, 0.3) is 11.0 Å². The zero-order valence-corrected chi connectivity index (χ0v) is 19.0. The lowest BCUT2D eigenvalue weighted by Crippen LogP contribution is -2.28. The van der Waals surface area contributed by atoms with E-state index in [-0.39, 0.29) is 22.7 Å². The number of nitrogens with zero attached hydrogens (tertiary/aromatic N) is 3. The van der Waals surface area contributed by atoms with Crippen molar-refractivity contribution in [3.05, 3.63) is 52.3 Å². The number of rotatable bonds is 3. The highest BCUT2D eigenvalue weighted by Crippen LogP contribution is 2.35.